The van der Waals surface area contributed by atoms with Gasteiger partial charge in [-0.05, 0) is 24.8 Å². The van der Waals surface area contributed by atoms with Gasteiger partial charge in [-0.15, -0.1) is 0 Å². The van der Waals surface area contributed by atoms with Gasteiger partial charge in [0.05, 0.1) is 18.1 Å². The van der Waals surface area contributed by atoms with Gasteiger partial charge in [-0.3, -0.25) is 4.79 Å². The molecule has 1 unspecified atom stereocenters. The van der Waals surface area contributed by atoms with Crippen LogP contribution in [0.5, 0.6) is 0 Å². The van der Waals surface area contributed by atoms with Gasteiger partial charge in [0.2, 0.25) is 0 Å². The Morgan fingerprint density at radius 1 is 1.41 bits per heavy atom. The van der Waals surface area contributed by atoms with Crippen LogP contribution in [0.25, 0.3) is 10.8 Å². The summed E-state index contributed by atoms with van der Waals surface area (Å²) >= 11 is 0. The predicted octanol–water partition coefficient (Wildman–Crippen LogP) is 1.13. The number of fused-ring (bicyclic) bond motifs is 1. The Hall–Kier alpha value is -1.68. The number of aromatic nitrogens is 2. The van der Waals surface area contributed by atoms with Crippen LogP contribution in [-0.4, -0.2) is 15.8 Å². The normalized spacial score (nSPS) is 17.2. The van der Waals surface area contributed by atoms with E-state index in [1.165, 1.54) is 17.5 Å². The molecule has 0 amide bonds. The molecule has 1 aliphatic rings. The zero-order chi connectivity index (χ0) is 11.8. The Morgan fingerprint density at radius 2 is 2.18 bits per heavy atom. The number of rotatable bonds is 3. The molecule has 0 aliphatic heterocycles. The summed E-state index contributed by atoms with van der Waals surface area (Å²) in [4.78, 5) is 12.2. The molecule has 0 bridgehead atoms. The summed E-state index contributed by atoms with van der Waals surface area (Å²) in [5.41, 5.74) is 5.98. The van der Waals surface area contributed by atoms with Crippen LogP contribution in [-0.2, 0) is 6.54 Å². The molecule has 1 aromatic carbocycles. The molecule has 0 radical (unpaired) electrons. The van der Waals surface area contributed by atoms with Gasteiger partial charge in [-0.25, -0.2) is 4.68 Å². The maximum atomic E-state index is 12.2. The fourth-order valence-electron chi connectivity index (χ4n) is 2.13. The monoisotopic (exact) mass is 229 g/mol. The molecule has 0 spiro atoms. The molecule has 2 N–H and O–H groups in total. The molecule has 1 saturated carbocycles. The third kappa shape index (κ3) is 1.96. The Kier molecular flexibility index (Phi) is 2.44. The van der Waals surface area contributed by atoms with E-state index in [2.05, 4.69) is 5.10 Å². The van der Waals surface area contributed by atoms with Crippen LogP contribution in [0.15, 0.2) is 35.3 Å². The van der Waals surface area contributed by atoms with Gasteiger partial charge in [0, 0.05) is 11.4 Å². The minimum absolute atomic E-state index is 0.0424. The third-order valence-corrected chi connectivity index (χ3v) is 3.37. The van der Waals surface area contributed by atoms with Gasteiger partial charge in [-0.2, -0.15) is 5.10 Å². The molecular formula is C13H15N3O. The van der Waals surface area contributed by atoms with E-state index in [-0.39, 0.29) is 11.6 Å². The summed E-state index contributed by atoms with van der Waals surface area (Å²) in [6.07, 6.45) is 4.10. The second-order valence-electron chi connectivity index (χ2n) is 4.72. The van der Waals surface area contributed by atoms with Gasteiger partial charge in [0.25, 0.3) is 5.56 Å². The van der Waals surface area contributed by atoms with E-state index in [4.69, 9.17) is 5.73 Å². The van der Waals surface area contributed by atoms with Crippen molar-refractivity contribution in [1.29, 1.82) is 0 Å². The smallest absolute Gasteiger partial charge is 0.274 e. The standard InChI is InChI=1S/C13H15N3O/c14-12(9-5-6-9)8-16-13(17)11-4-2-1-3-10(11)7-15-16/h1-4,7,9,12H,5-6,8,14H2. The van der Waals surface area contributed by atoms with Crippen molar-refractivity contribution in [3.63, 3.8) is 0 Å². The first-order chi connectivity index (χ1) is 8.25. The maximum Gasteiger partial charge on any atom is 0.274 e. The number of nitrogens with two attached hydrogens (primary N) is 1. The van der Waals surface area contributed by atoms with E-state index in [0.29, 0.717) is 17.8 Å². The molecule has 3 rings (SSSR count). The summed E-state index contributed by atoms with van der Waals surface area (Å²) in [6, 6.07) is 7.56. The SMILES string of the molecule is NC(Cn1ncc2ccccc2c1=O)C1CC1. The van der Waals surface area contributed by atoms with Crippen LogP contribution in [0, 0.1) is 5.92 Å². The first kappa shape index (κ1) is 10.5. The molecule has 1 heterocycles. The van der Waals surface area contributed by atoms with Gasteiger partial charge >= 0.3 is 0 Å². The lowest BCUT2D eigenvalue weighted by atomic mass is 10.2. The molecule has 1 aliphatic carbocycles. The fraction of sp³-hybridized carbons (Fsp3) is 0.385. The van der Waals surface area contributed by atoms with E-state index in [1.807, 2.05) is 24.3 Å². The van der Waals surface area contributed by atoms with Crippen molar-refractivity contribution in [2.75, 3.05) is 0 Å². The molecule has 88 valence electrons. The van der Waals surface area contributed by atoms with Crippen LogP contribution in [0.3, 0.4) is 0 Å². The highest BCUT2D eigenvalue weighted by Gasteiger charge is 2.29. The second-order valence-corrected chi connectivity index (χ2v) is 4.72. The van der Waals surface area contributed by atoms with Crippen molar-refractivity contribution in [1.82, 2.24) is 9.78 Å². The van der Waals surface area contributed by atoms with Crippen LogP contribution in [0.4, 0.5) is 0 Å². The lowest BCUT2D eigenvalue weighted by molar-refractivity contribution is 0.457. The minimum Gasteiger partial charge on any atom is -0.326 e. The zero-order valence-corrected chi connectivity index (χ0v) is 9.54. The maximum absolute atomic E-state index is 12.2. The number of nitrogens with zero attached hydrogens (tertiary/aromatic N) is 2. The van der Waals surface area contributed by atoms with Crippen LogP contribution in [0.2, 0.25) is 0 Å². The van der Waals surface area contributed by atoms with Crippen LogP contribution < -0.4 is 11.3 Å². The summed E-state index contributed by atoms with van der Waals surface area (Å²) in [6.45, 7) is 0.522. The lowest BCUT2D eigenvalue weighted by Gasteiger charge is -2.11. The molecule has 4 nitrogen and oxygen atoms in total. The van der Waals surface area contributed by atoms with Crippen molar-refractivity contribution in [2.45, 2.75) is 25.4 Å². The zero-order valence-electron chi connectivity index (χ0n) is 9.54. The molecule has 1 atom stereocenters. The molecule has 17 heavy (non-hydrogen) atoms. The number of hydrogen-bond donors (Lipinski definition) is 1. The highest BCUT2D eigenvalue weighted by atomic mass is 16.1. The topological polar surface area (TPSA) is 60.9 Å². The predicted molar refractivity (Wildman–Crippen MR) is 66.7 cm³/mol. The molecule has 0 saturated heterocycles. The highest BCUT2D eigenvalue weighted by Crippen LogP contribution is 2.31. The molecular weight excluding hydrogens is 214 g/mol. The Balaban J connectivity index is 1.99. The van der Waals surface area contributed by atoms with Gasteiger partial charge in [0.15, 0.2) is 0 Å². The van der Waals surface area contributed by atoms with Crippen molar-refractivity contribution < 1.29 is 0 Å². The molecule has 1 fully saturated rings. The summed E-state index contributed by atoms with van der Waals surface area (Å²) in [5.74, 6) is 0.579. The van der Waals surface area contributed by atoms with Crippen molar-refractivity contribution in [3.8, 4) is 0 Å². The Labute approximate surface area is 99.1 Å². The third-order valence-electron chi connectivity index (χ3n) is 3.37. The quantitative estimate of drug-likeness (QED) is 0.858. The number of benzene rings is 1. The highest BCUT2D eigenvalue weighted by molar-refractivity contribution is 5.80. The summed E-state index contributed by atoms with van der Waals surface area (Å²) in [7, 11) is 0. The molecule has 4 heteroatoms. The lowest BCUT2D eigenvalue weighted by Crippen LogP contribution is -2.34. The van der Waals surface area contributed by atoms with E-state index >= 15 is 0 Å². The van der Waals surface area contributed by atoms with E-state index in [9.17, 15) is 4.79 Å². The van der Waals surface area contributed by atoms with Gasteiger partial charge in [-0.1, -0.05) is 18.2 Å². The minimum atomic E-state index is -0.0424. The number of hydrogen-bond acceptors (Lipinski definition) is 3. The van der Waals surface area contributed by atoms with Crippen LogP contribution in [0.1, 0.15) is 12.8 Å². The largest absolute Gasteiger partial charge is 0.326 e. The van der Waals surface area contributed by atoms with Gasteiger partial charge < -0.3 is 5.73 Å². The van der Waals surface area contributed by atoms with E-state index < -0.39 is 0 Å². The van der Waals surface area contributed by atoms with Crippen molar-refractivity contribution in [3.05, 3.63) is 40.8 Å². The fourth-order valence-corrected chi connectivity index (χ4v) is 2.13. The van der Waals surface area contributed by atoms with Crippen molar-refractivity contribution >= 4 is 10.8 Å². The van der Waals surface area contributed by atoms with Gasteiger partial charge in [0.1, 0.15) is 0 Å². The van der Waals surface area contributed by atoms with E-state index in [0.717, 1.165) is 5.39 Å². The second kappa shape index (κ2) is 3.96. The molecule has 2 aromatic rings. The average Bonchev–Trinajstić information content (AvgIpc) is 3.17. The Morgan fingerprint density at radius 3 is 2.94 bits per heavy atom. The average molecular weight is 229 g/mol. The first-order valence-corrected chi connectivity index (χ1v) is 5.96. The van der Waals surface area contributed by atoms with Crippen LogP contribution >= 0.6 is 0 Å². The Bertz CT molecular complexity index is 601. The van der Waals surface area contributed by atoms with E-state index in [1.54, 1.807) is 6.20 Å². The summed E-state index contributed by atoms with van der Waals surface area (Å²) < 4.78 is 1.49. The molecule has 1 aromatic heterocycles. The first-order valence-electron chi connectivity index (χ1n) is 5.96. The summed E-state index contributed by atoms with van der Waals surface area (Å²) in [5, 5.41) is 5.78. The van der Waals surface area contributed by atoms with Crippen molar-refractivity contribution in [2.24, 2.45) is 11.7 Å².